The molecule has 2 fully saturated rings. The Morgan fingerprint density at radius 3 is 2.84 bits per heavy atom. The van der Waals surface area contributed by atoms with Crippen molar-refractivity contribution in [3.63, 3.8) is 0 Å². The minimum atomic E-state index is 0.135. The summed E-state index contributed by atoms with van der Waals surface area (Å²) in [5.41, 5.74) is 7.06. The molecule has 3 rings (SSSR count). The number of carbonyl (C=O) groups excluding carboxylic acids is 1. The summed E-state index contributed by atoms with van der Waals surface area (Å²) in [4.78, 5) is 12.4. The van der Waals surface area contributed by atoms with Gasteiger partial charge in [-0.15, -0.1) is 0 Å². The van der Waals surface area contributed by atoms with Crippen molar-refractivity contribution in [2.24, 2.45) is 17.8 Å². The van der Waals surface area contributed by atoms with Gasteiger partial charge in [-0.1, -0.05) is 6.42 Å². The predicted octanol–water partition coefficient (Wildman–Crippen LogP) is 2.65. The van der Waals surface area contributed by atoms with Gasteiger partial charge in [0, 0.05) is 17.7 Å². The highest BCUT2D eigenvalue weighted by molar-refractivity contribution is 5.94. The Kier molecular flexibility index (Phi) is 3.09. The van der Waals surface area contributed by atoms with Crippen LogP contribution >= 0.6 is 0 Å². The molecule has 3 atom stereocenters. The van der Waals surface area contributed by atoms with Crippen molar-refractivity contribution in [3.05, 3.63) is 18.2 Å². The molecule has 3 N–H and O–H groups in total. The second-order valence-corrected chi connectivity index (χ2v) is 5.73. The third-order valence-corrected chi connectivity index (χ3v) is 4.56. The highest BCUT2D eigenvalue weighted by Crippen LogP contribution is 2.48. The molecule has 0 spiro atoms. The fourth-order valence-electron chi connectivity index (χ4n) is 3.60. The summed E-state index contributed by atoms with van der Waals surface area (Å²) in [7, 11) is 1.59. The smallest absolute Gasteiger partial charge is 0.227 e. The van der Waals surface area contributed by atoms with E-state index in [1.54, 1.807) is 25.3 Å². The number of hydrogen-bond acceptors (Lipinski definition) is 3. The maximum absolute atomic E-state index is 12.4. The van der Waals surface area contributed by atoms with Crippen molar-refractivity contribution >= 4 is 17.3 Å². The van der Waals surface area contributed by atoms with Gasteiger partial charge in [0.1, 0.15) is 5.75 Å². The monoisotopic (exact) mass is 260 g/mol. The van der Waals surface area contributed by atoms with Gasteiger partial charge in [-0.2, -0.15) is 0 Å². The molecule has 0 aromatic heterocycles. The number of nitrogens with two attached hydrogens (primary N) is 1. The van der Waals surface area contributed by atoms with Crippen molar-refractivity contribution in [1.82, 2.24) is 0 Å². The van der Waals surface area contributed by atoms with Gasteiger partial charge in [-0.25, -0.2) is 0 Å². The van der Waals surface area contributed by atoms with Crippen LogP contribution < -0.4 is 15.8 Å². The lowest BCUT2D eigenvalue weighted by atomic mass is 9.88. The Hall–Kier alpha value is -1.71. The van der Waals surface area contributed by atoms with Crippen LogP contribution in [0.3, 0.4) is 0 Å². The molecule has 102 valence electrons. The van der Waals surface area contributed by atoms with Crippen LogP contribution in [0.4, 0.5) is 11.4 Å². The van der Waals surface area contributed by atoms with Gasteiger partial charge in [-0.3, -0.25) is 4.79 Å². The van der Waals surface area contributed by atoms with Crippen LogP contribution in [0.25, 0.3) is 0 Å². The van der Waals surface area contributed by atoms with Crippen LogP contribution in [-0.2, 0) is 4.79 Å². The Morgan fingerprint density at radius 1 is 1.37 bits per heavy atom. The Labute approximate surface area is 113 Å². The molecule has 0 saturated heterocycles. The molecule has 1 amide bonds. The average molecular weight is 260 g/mol. The van der Waals surface area contributed by atoms with Gasteiger partial charge in [0.15, 0.2) is 0 Å². The van der Waals surface area contributed by atoms with Gasteiger partial charge >= 0.3 is 0 Å². The molecule has 19 heavy (non-hydrogen) atoms. The SMILES string of the molecule is COc1cc(N)ccc1NC(=O)C1CC2CCC1C2. The zero-order valence-corrected chi connectivity index (χ0v) is 11.2. The van der Waals surface area contributed by atoms with Gasteiger partial charge in [0.2, 0.25) is 5.91 Å². The second kappa shape index (κ2) is 4.76. The van der Waals surface area contributed by atoms with Crippen LogP contribution in [0.15, 0.2) is 18.2 Å². The average Bonchev–Trinajstić information content (AvgIpc) is 3.03. The lowest BCUT2D eigenvalue weighted by Gasteiger charge is -2.21. The second-order valence-electron chi connectivity index (χ2n) is 5.73. The van der Waals surface area contributed by atoms with Crippen LogP contribution in [0.1, 0.15) is 25.7 Å². The first-order valence-electron chi connectivity index (χ1n) is 6.91. The molecule has 4 nitrogen and oxygen atoms in total. The molecule has 0 aliphatic heterocycles. The van der Waals surface area contributed by atoms with Gasteiger partial charge in [0.05, 0.1) is 12.8 Å². The zero-order chi connectivity index (χ0) is 13.4. The number of rotatable bonds is 3. The van der Waals surface area contributed by atoms with Crippen molar-refractivity contribution in [2.75, 3.05) is 18.2 Å². The molecule has 0 radical (unpaired) electrons. The van der Waals surface area contributed by atoms with E-state index in [2.05, 4.69) is 5.32 Å². The van der Waals surface area contributed by atoms with E-state index < -0.39 is 0 Å². The number of hydrogen-bond donors (Lipinski definition) is 2. The predicted molar refractivity (Wildman–Crippen MR) is 75.0 cm³/mol. The summed E-state index contributed by atoms with van der Waals surface area (Å²) in [6.45, 7) is 0. The number of carbonyl (C=O) groups is 1. The number of amides is 1. The van der Waals surface area contributed by atoms with E-state index >= 15 is 0 Å². The maximum Gasteiger partial charge on any atom is 0.227 e. The Morgan fingerprint density at radius 2 is 2.21 bits per heavy atom. The summed E-state index contributed by atoms with van der Waals surface area (Å²) in [6.07, 6.45) is 4.80. The fraction of sp³-hybridized carbons (Fsp3) is 0.533. The Balaban J connectivity index is 1.73. The molecule has 0 heterocycles. The van der Waals surface area contributed by atoms with E-state index in [0.717, 1.165) is 12.3 Å². The van der Waals surface area contributed by atoms with Crippen LogP contribution in [0.5, 0.6) is 5.75 Å². The first-order valence-corrected chi connectivity index (χ1v) is 6.91. The van der Waals surface area contributed by atoms with E-state index in [0.29, 0.717) is 23.0 Å². The Bertz CT molecular complexity index is 501. The summed E-state index contributed by atoms with van der Waals surface area (Å²) < 4.78 is 5.26. The number of benzene rings is 1. The normalized spacial score (nSPS) is 28.4. The van der Waals surface area contributed by atoms with E-state index in [9.17, 15) is 4.79 Å². The van der Waals surface area contributed by atoms with E-state index in [1.807, 2.05) is 0 Å². The molecule has 4 heteroatoms. The molecule has 3 unspecified atom stereocenters. The van der Waals surface area contributed by atoms with Crippen LogP contribution in [-0.4, -0.2) is 13.0 Å². The summed E-state index contributed by atoms with van der Waals surface area (Å²) in [6, 6.07) is 5.31. The van der Waals surface area contributed by atoms with Gasteiger partial charge < -0.3 is 15.8 Å². The topological polar surface area (TPSA) is 64.3 Å². The third-order valence-electron chi connectivity index (χ3n) is 4.56. The first kappa shape index (κ1) is 12.3. The quantitative estimate of drug-likeness (QED) is 0.821. The van der Waals surface area contributed by atoms with Crippen LogP contribution in [0.2, 0.25) is 0 Å². The van der Waals surface area contributed by atoms with Gasteiger partial charge in [0.25, 0.3) is 0 Å². The van der Waals surface area contributed by atoms with Crippen LogP contribution in [0, 0.1) is 17.8 Å². The van der Waals surface area contributed by atoms with E-state index in [4.69, 9.17) is 10.5 Å². The molecular weight excluding hydrogens is 240 g/mol. The van der Waals surface area contributed by atoms with Gasteiger partial charge in [-0.05, 0) is 43.2 Å². The summed E-state index contributed by atoms with van der Waals surface area (Å²) in [5.74, 6) is 2.30. The largest absolute Gasteiger partial charge is 0.494 e. The minimum Gasteiger partial charge on any atom is -0.494 e. The number of nitrogen functional groups attached to an aromatic ring is 1. The molecule has 1 aromatic rings. The van der Waals surface area contributed by atoms with E-state index in [1.165, 1.54) is 19.3 Å². The zero-order valence-electron chi connectivity index (χ0n) is 11.2. The lowest BCUT2D eigenvalue weighted by molar-refractivity contribution is -0.121. The van der Waals surface area contributed by atoms with Crippen molar-refractivity contribution in [1.29, 1.82) is 0 Å². The number of methoxy groups -OCH3 is 1. The first-order chi connectivity index (χ1) is 9.17. The molecule has 2 aliphatic rings. The van der Waals surface area contributed by atoms with E-state index in [-0.39, 0.29) is 11.8 Å². The molecule has 2 bridgehead atoms. The van der Waals surface area contributed by atoms with Crippen molar-refractivity contribution in [3.8, 4) is 5.75 Å². The fourth-order valence-corrected chi connectivity index (χ4v) is 3.60. The lowest BCUT2D eigenvalue weighted by Crippen LogP contribution is -2.27. The summed E-state index contributed by atoms with van der Waals surface area (Å²) in [5, 5.41) is 3.00. The maximum atomic E-state index is 12.4. The number of anilines is 2. The summed E-state index contributed by atoms with van der Waals surface area (Å²) >= 11 is 0. The standard InChI is InChI=1S/C15H20N2O2/c1-19-14-8-11(16)4-5-13(14)17-15(18)12-7-9-2-3-10(12)6-9/h4-5,8-10,12H,2-3,6-7,16H2,1H3,(H,17,18). The van der Waals surface area contributed by atoms with Crippen molar-refractivity contribution in [2.45, 2.75) is 25.7 Å². The number of nitrogens with one attached hydrogen (secondary N) is 1. The molecule has 2 saturated carbocycles. The molecule has 1 aromatic carbocycles. The third kappa shape index (κ3) is 2.27. The number of fused-ring (bicyclic) bond motifs is 2. The van der Waals surface area contributed by atoms with Crippen molar-refractivity contribution < 1.29 is 9.53 Å². The minimum absolute atomic E-state index is 0.135. The highest BCUT2D eigenvalue weighted by Gasteiger charge is 2.43. The highest BCUT2D eigenvalue weighted by atomic mass is 16.5. The number of ether oxygens (including phenoxy) is 1. The molecule has 2 aliphatic carbocycles. The molecular formula is C15H20N2O2.